The lowest BCUT2D eigenvalue weighted by Crippen LogP contribution is -2.33. The highest BCUT2D eigenvalue weighted by Crippen LogP contribution is 2.28. The maximum Gasteiger partial charge on any atom is 0.414 e. The number of rotatable bonds is 6. The van der Waals surface area contributed by atoms with E-state index in [9.17, 15) is 14.0 Å². The van der Waals surface area contributed by atoms with Crippen LogP contribution in [0.15, 0.2) is 42.7 Å². The van der Waals surface area contributed by atoms with E-state index in [0.29, 0.717) is 17.9 Å². The van der Waals surface area contributed by atoms with Crippen molar-refractivity contribution in [3.05, 3.63) is 54.1 Å². The first-order valence-electron chi connectivity index (χ1n) is 8.56. The molecule has 2 amide bonds. The Morgan fingerprint density at radius 3 is 2.78 bits per heavy atom. The van der Waals surface area contributed by atoms with Gasteiger partial charge in [0, 0.05) is 32.9 Å². The quantitative estimate of drug-likeness (QED) is 0.842. The average Bonchev–Trinajstić information content (AvgIpc) is 3.01. The van der Waals surface area contributed by atoms with Crippen molar-refractivity contribution in [2.45, 2.75) is 19.6 Å². The SMILES string of the molecule is CC(=O)NC[C@H]1CN(c2ccc(N(C)Cc3ccncc3)c(F)c2)C(=O)O1. The summed E-state index contributed by atoms with van der Waals surface area (Å²) in [5.74, 6) is -0.626. The number of hydrogen-bond acceptors (Lipinski definition) is 5. The van der Waals surface area contributed by atoms with Crippen LogP contribution in [0.25, 0.3) is 0 Å². The molecule has 27 heavy (non-hydrogen) atoms. The third kappa shape index (κ3) is 4.52. The van der Waals surface area contributed by atoms with Crippen molar-refractivity contribution in [1.29, 1.82) is 0 Å². The second-order valence-corrected chi connectivity index (χ2v) is 6.40. The summed E-state index contributed by atoms with van der Waals surface area (Å²) in [5.41, 5.74) is 1.86. The van der Waals surface area contributed by atoms with Gasteiger partial charge in [0.25, 0.3) is 0 Å². The summed E-state index contributed by atoms with van der Waals surface area (Å²) in [5, 5.41) is 2.61. The zero-order valence-electron chi connectivity index (χ0n) is 15.2. The van der Waals surface area contributed by atoms with Gasteiger partial charge in [0.2, 0.25) is 5.91 Å². The molecule has 0 saturated carbocycles. The van der Waals surface area contributed by atoms with Crippen molar-refractivity contribution in [3.8, 4) is 0 Å². The van der Waals surface area contributed by atoms with E-state index in [-0.39, 0.29) is 19.0 Å². The highest BCUT2D eigenvalue weighted by Gasteiger charge is 2.32. The number of anilines is 2. The van der Waals surface area contributed by atoms with Crippen molar-refractivity contribution < 1.29 is 18.7 Å². The molecule has 1 fully saturated rings. The number of amides is 2. The average molecular weight is 372 g/mol. The van der Waals surface area contributed by atoms with Gasteiger partial charge in [-0.1, -0.05) is 0 Å². The summed E-state index contributed by atoms with van der Waals surface area (Å²) in [6.07, 6.45) is 2.37. The molecule has 1 aromatic heterocycles. The minimum absolute atomic E-state index is 0.197. The molecule has 0 spiro atoms. The first-order valence-corrected chi connectivity index (χ1v) is 8.56. The molecule has 7 nitrogen and oxygen atoms in total. The molecule has 1 aliphatic rings. The van der Waals surface area contributed by atoms with Crippen LogP contribution in [0.4, 0.5) is 20.6 Å². The van der Waals surface area contributed by atoms with Gasteiger partial charge < -0.3 is 15.0 Å². The van der Waals surface area contributed by atoms with E-state index in [1.54, 1.807) is 36.5 Å². The maximum absolute atomic E-state index is 14.6. The van der Waals surface area contributed by atoms with Crippen LogP contribution in [0, 0.1) is 5.82 Å². The highest BCUT2D eigenvalue weighted by atomic mass is 19.1. The lowest BCUT2D eigenvalue weighted by molar-refractivity contribution is -0.119. The summed E-state index contributed by atoms with van der Waals surface area (Å²) < 4.78 is 19.9. The molecular formula is C19H21FN4O3. The predicted octanol–water partition coefficient (Wildman–Crippen LogP) is 2.32. The van der Waals surface area contributed by atoms with E-state index in [1.165, 1.54) is 17.9 Å². The largest absolute Gasteiger partial charge is 0.442 e. The number of cyclic esters (lactones) is 1. The Balaban J connectivity index is 1.69. The molecule has 0 bridgehead atoms. The van der Waals surface area contributed by atoms with E-state index in [2.05, 4.69) is 10.3 Å². The van der Waals surface area contributed by atoms with Crippen LogP contribution in [-0.4, -0.2) is 43.2 Å². The Morgan fingerprint density at radius 1 is 1.37 bits per heavy atom. The molecule has 1 aliphatic heterocycles. The van der Waals surface area contributed by atoms with Crippen molar-refractivity contribution in [1.82, 2.24) is 10.3 Å². The van der Waals surface area contributed by atoms with Crippen molar-refractivity contribution >= 4 is 23.4 Å². The molecule has 1 N–H and O–H groups in total. The summed E-state index contributed by atoms with van der Waals surface area (Å²) in [6.45, 7) is 2.41. The van der Waals surface area contributed by atoms with Gasteiger partial charge in [0.1, 0.15) is 11.9 Å². The van der Waals surface area contributed by atoms with Gasteiger partial charge in [-0.3, -0.25) is 14.7 Å². The Labute approximate surface area is 156 Å². The number of aromatic nitrogens is 1. The van der Waals surface area contributed by atoms with Gasteiger partial charge in [0.05, 0.1) is 24.5 Å². The van der Waals surface area contributed by atoms with Gasteiger partial charge >= 0.3 is 6.09 Å². The summed E-state index contributed by atoms with van der Waals surface area (Å²) in [7, 11) is 1.80. The van der Waals surface area contributed by atoms with Crippen LogP contribution < -0.4 is 15.1 Å². The minimum atomic E-state index is -0.553. The molecule has 2 heterocycles. The molecule has 0 aliphatic carbocycles. The molecule has 3 rings (SSSR count). The van der Waals surface area contributed by atoms with Crippen molar-refractivity contribution in [2.24, 2.45) is 0 Å². The first-order chi connectivity index (χ1) is 12.9. The fourth-order valence-electron chi connectivity index (χ4n) is 2.92. The Morgan fingerprint density at radius 2 is 2.11 bits per heavy atom. The Bertz CT molecular complexity index is 831. The number of nitrogens with one attached hydrogen (secondary N) is 1. The normalized spacial score (nSPS) is 16.2. The monoisotopic (exact) mass is 372 g/mol. The fraction of sp³-hybridized carbons (Fsp3) is 0.316. The first kappa shape index (κ1) is 18.6. The standard InChI is InChI=1S/C19H21FN4O3/c1-13(25)22-10-16-12-24(19(26)27-16)15-3-4-18(17(20)9-15)23(2)11-14-5-7-21-8-6-14/h3-9,16H,10-12H2,1-2H3,(H,22,25)/t16-/m0/s1. The van der Waals surface area contributed by atoms with Crippen molar-refractivity contribution in [2.75, 3.05) is 29.9 Å². The molecule has 142 valence electrons. The molecule has 1 saturated heterocycles. The van der Waals surface area contributed by atoms with E-state index in [4.69, 9.17) is 4.74 Å². The molecule has 8 heteroatoms. The van der Waals surface area contributed by atoms with Gasteiger partial charge in [-0.25, -0.2) is 9.18 Å². The summed E-state index contributed by atoms with van der Waals surface area (Å²) in [4.78, 5) is 30.2. The van der Waals surface area contributed by atoms with Gasteiger partial charge in [0.15, 0.2) is 0 Å². The summed E-state index contributed by atoms with van der Waals surface area (Å²) in [6, 6.07) is 8.39. The lowest BCUT2D eigenvalue weighted by atomic mass is 10.2. The molecular weight excluding hydrogens is 351 g/mol. The van der Waals surface area contributed by atoms with E-state index in [1.807, 2.05) is 12.1 Å². The number of nitrogens with zero attached hydrogens (tertiary/aromatic N) is 3. The van der Waals surface area contributed by atoms with Crippen molar-refractivity contribution in [3.63, 3.8) is 0 Å². The lowest BCUT2D eigenvalue weighted by Gasteiger charge is -2.21. The highest BCUT2D eigenvalue weighted by molar-refractivity contribution is 5.90. The minimum Gasteiger partial charge on any atom is -0.442 e. The molecule has 1 aromatic carbocycles. The molecule has 2 aromatic rings. The number of carbonyl (C=O) groups excluding carboxylic acids is 2. The molecule has 1 atom stereocenters. The summed E-state index contributed by atoms with van der Waals surface area (Å²) >= 11 is 0. The smallest absolute Gasteiger partial charge is 0.414 e. The fourth-order valence-corrected chi connectivity index (χ4v) is 2.92. The number of ether oxygens (including phenoxy) is 1. The number of halogens is 1. The zero-order valence-corrected chi connectivity index (χ0v) is 15.2. The van der Waals surface area contributed by atoms with E-state index >= 15 is 0 Å². The van der Waals surface area contributed by atoms with E-state index < -0.39 is 18.0 Å². The second kappa shape index (κ2) is 8.03. The zero-order chi connectivity index (χ0) is 19.4. The number of pyridine rings is 1. The van der Waals surface area contributed by atoms with Crippen LogP contribution in [-0.2, 0) is 16.1 Å². The molecule has 0 radical (unpaired) electrons. The Kier molecular flexibility index (Phi) is 5.54. The van der Waals surface area contributed by atoms with Crippen LogP contribution in [0.3, 0.4) is 0 Å². The topological polar surface area (TPSA) is 74.8 Å². The third-order valence-electron chi connectivity index (χ3n) is 4.28. The molecule has 0 unspecified atom stereocenters. The van der Waals surface area contributed by atoms with Gasteiger partial charge in [-0.05, 0) is 35.9 Å². The van der Waals surface area contributed by atoms with Crippen LogP contribution >= 0.6 is 0 Å². The third-order valence-corrected chi connectivity index (χ3v) is 4.28. The van der Waals surface area contributed by atoms with Crippen LogP contribution in [0.2, 0.25) is 0 Å². The number of carbonyl (C=O) groups is 2. The predicted molar refractivity (Wildman–Crippen MR) is 99.0 cm³/mol. The Hall–Kier alpha value is -3.16. The van der Waals surface area contributed by atoms with Gasteiger partial charge in [-0.2, -0.15) is 0 Å². The van der Waals surface area contributed by atoms with Crippen LogP contribution in [0.1, 0.15) is 12.5 Å². The number of hydrogen-bond donors (Lipinski definition) is 1. The van der Waals surface area contributed by atoms with Gasteiger partial charge in [-0.15, -0.1) is 0 Å². The number of benzene rings is 1. The van der Waals surface area contributed by atoms with Crippen LogP contribution in [0.5, 0.6) is 0 Å². The second-order valence-electron chi connectivity index (χ2n) is 6.40. The maximum atomic E-state index is 14.6. The van der Waals surface area contributed by atoms with E-state index in [0.717, 1.165) is 5.56 Å².